The summed E-state index contributed by atoms with van der Waals surface area (Å²) in [5, 5.41) is 0. The van der Waals surface area contributed by atoms with Crippen molar-refractivity contribution in [3.63, 3.8) is 0 Å². The quantitative estimate of drug-likeness (QED) is 0.770. The lowest BCUT2D eigenvalue weighted by Gasteiger charge is -2.35. The number of carbonyl (C=O) groups is 2. The van der Waals surface area contributed by atoms with Crippen LogP contribution in [0.4, 0.5) is 5.69 Å². The first kappa shape index (κ1) is 18.9. The minimum atomic E-state index is -0.223. The van der Waals surface area contributed by atoms with Gasteiger partial charge in [-0.25, -0.2) is 0 Å². The maximum absolute atomic E-state index is 12.8. The fourth-order valence-electron chi connectivity index (χ4n) is 3.70. The second-order valence-electron chi connectivity index (χ2n) is 7.09. The lowest BCUT2D eigenvalue weighted by atomic mass is 10.1. The van der Waals surface area contributed by atoms with Crippen LogP contribution in [-0.4, -0.2) is 74.6 Å². The van der Waals surface area contributed by atoms with E-state index in [0.717, 1.165) is 51.4 Å². The number of ether oxygens (including phenoxy) is 1. The molecule has 1 aromatic rings. The zero-order chi connectivity index (χ0) is 18.5. The third kappa shape index (κ3) is 4.24. The summed E-state index contributed by atoms with van der Waals surface area (Å²) in [7, 11) is 1.71. The van der Waals surface area contributed by atoms with Crippen molar-refractivity contribution in [3.8, 4) is 0 Å². The van der Waals surface area contributed by atoms with Crippen LogP contribution in [0.25, 0.3) is 0 Å². The molecule has 0 spiro atoms. The molecule has 2 fully saturated rings. The van der Waals surface area contributed by atoms with Crippen LogP contribution in [0, 0.1) is 5.92 Å². The minimum Gasteiger partial charge on any atom is -0.383 e. The van der Waals surface area contributed by atoms with E-state index in [-0.39, 0.29) is 17.7 Å². The Morgan fingerprint density at radius 2 is 1.85 bits per heavy atom. The summed E-state index contributed by atoms with van der Waals surface area (Å²) in [5.41, 5.74) is 2.14. The van der Waals surface area contributed by atoms with E-state index in [1.807, 2.05) is 17.0 Å². The minimum absolute atomic E-state index is 0.0475. The predicted molar refractivity (Wildman–Crippen MR) is 101 cm³/mol. The van der Waals surface area contributed by atoms with Gasteiger partial charge in [0.05, 0.1) is 12.5 Å². The summed E-state index contributed by atoms with van der Waals surface area (Å²) in [4.78, 5) is 31.3. The van der Waals surface area contributed by atoms with E-state index in [0.29, 0.717) is 13.0 Å². The number of nitrogens with zero attached hydrogens (tertiary/aromatic N) is 3. The van der Waals surface area contributed by atoms with E-state index in [9.17, 15) is 9.59 Å². The number of amides is 2. The van der Waals surface area contributed by atoms with Crippen molar-refractivity contribution in [1.29, 1.82) is 0 Å². The SMILES string of the molecule is CCc1ccc(N2C[C@H](C(=O)N3CCN(CCOC)CC3)CC2=O)cc1. The van der Waals surface area contributed by atoms with Crippen LogP contribution < -0.4 is 4.90 Å². The molecule has 0 saturated carbocycles. The van der Waals surface area contributed by atoms with Gasteiger partial charge in [0.1, 0.15) is 0 Å². The van der Waals surface area contributed by atoms with Gasteiger partial charge in [0, 0.05) is 58.5 Å². The Kier molecular flexibility index (Phi) is 6.27. The number of hydrogen-bond donors (Lipinski definition) is 0. The van der Waals surface area contributed by atoms with Crippen molar-refractivity contribution < 1.29 is 14.3 Å². The molecule has 0 unspecified atom stereocenters. The Labute approximate surface area is 155 Å². The van der Waals surface area contributed by atoms with E-state index >= 15 is 0 Å². The molecule has 2 heterocycles. The van der Waals surface area contributed by atoms with Gasteiger partial charge in [0.2, 0.25) is 11.8 Å². The second kappa shape index (κ2) is 8.64. The van der Waals surface area contributed by atoms with E-state index in [1.54, 1.807) is 12.0 Å². The van der Waals surface area contributed by atoms with E-state index in [4.69, 9.17) is 4.74 Å². The summed E-state index contributed by atoms with van der Waals surface area (Å²) in [5.74, 6) is -0.0531. The topological polar surface area (TPSA) is 53.1 Å². The molecule has 1 atom stereocenters. The smallest absolute Gasteiger partial charge is 0.228 e. The van der Waals surface area contributed by atoms with E-state index in [1.165, 1.54) is 5.56 Å². The zero-order valence-electron chi connectivity index (χ0n) is 15.8. The van der Waals surface area contributed by atoms with Crippen molar-refractivity contribution in [2.75, 3.05) is 57.9 Å². The highest BCUT2D eigenvalue weighted by molar-refractivity contribution is 6.00. The molecule has 0 aromatic heterocycles. The summed E-state index contributed by atoms with van der Waals surface area (Å²) >= 11 is 0. The maximum Gasteiger partial charge on any atom is 0.228 e. The molecule has 0 bridgehead atoms. The molecule has 26 heavy (non-hydrogen) atoms. The molecule has 2 aliphatic rings. The fourth-order valence-corrected chi connectivity index (χ4v) is 3.70. The van der Waals surface area contributed by atoms with Crippen molar-refractivity contribution in [3.05, 3.63) is 29.8 Å². The third-order valence-corrected chi connectivity index (χ3v) is 5.43. The largest absolute Gasteiger partial charge is 0.383 e. The third-order valence-electron chi connectivity index (χ3n) is 5.43. The standard InChI is InChI=1S/C20H29N3O3/c1-3-16-4-6-18(7-5-16)23-15-17(14-19(23)24)20(25)22-10-8-21(9-11-22)12-13-26-2/h4-7,17H,3,8-15H2,1-2H3/t17-/m1/s1. The Morgan fingerprint density at radius 1 is 1.15 bits per heavy atom. The van der Waals surface area contributed by atoms with Gasteiger partial charge in [0.15, 0.2) is 0 Å². The summed E-state index contributed by atoms with van der Waals surface area (Å²) < 4.78 is 5.12. The van der Waals surface area contributed by atoms with Crippen molar-refractivity contribution >= 4 is 17.5 Å². The van der Waals surface area contributed by atoms with Gasteiger partial charge >= 0.3 is 0 Å². The average Bonchev–Trinajstić information content (AvgIpc) is 3.08. The maximum atomic E-state index is 12.8. The van der Waals surface area contributed by atoms with Gasteiger partial charge in [-0.3, -0.25) is 14.5 Å². The molecule has 6 heteroatoms. The monoisotopic (exact) mass is 359 g/mol. The first-order chi connectivity index (χ1) is 12.6. The molecule has 2 aliphatic heterocycles. The van der Waals surface area contributed by atoms with Crippen LogP contribution >= 0.6 is 0 Å². The molecular formula is C20H29N3O3. The normalized spacial score (nSPS) is 21.5. The lowest BCUT2D eigenvalue weighted by Crippen LogP contribution is -2.51. The predicted octanol–water partition coefficient (Wildman–Crippen LogP) is 1.39. The summed E-state index contributed by atoms with van der Waals surface area (Å²) in [6, 6.07) is 8.07. The summed E-state index contributed by atoms with van der Waals surface area (Å²) in [6.07, 6.45) is 1.30. The number of methoxy groups -OCH3 is 1. The van der Waals surface area contributed by atoms with Crippen LogP contribution in [0.15, 0.2) is 24.3 Å². The number of benzene rings is 1. The highest BCUT2D eigenvalue weighted by atomic mass is 16.5. The highest BCUT2D eigenvalue weighted by Crippen LogP contribution is 2.27. The van der Waals surface area contributed by atoms with E-state index < -0.39 is 0 Å². The first-order valence-corrected chi connectivity index (χ1v) is 9.51. The fraction of sp³-hybridized carbons (Fsp3) is 0.600. The van der Waals surface area contributed by atoms with Gasteiger partial charge in [-0.05, 0) is 24.1 Å². The second-order valence-corrected chi connectivity index (χ2v) is 7.09. The lowest BCUT2D eigenvalue weighted by molar-refractivity contribution is -0.137. The van der Waals surface area contributed by atoms with Gasteiger partial charge < -0.3 is 14.5 Å². The number of carbonyl (C=O) groups excluding carboxylic acids is 2. The Morgan fingerprint density at radius 3 is 2.46 bits per heavy atom. The Hall–Kier alpha value is -1.92. The molecule has 2 amide bonds. The molecule has 0 aliphatic carbocycles. The zero-order valence-corrected chi connectivity index (χ0v) is 15.8. The molecule has 6 nitrogen and oxygen atoms in total. The summed E-state index contributed by atoms with van der Waals surface area (Å²) in [6.45, 7) is 7.44. The number of rotatable bonds is 6. The number of piperazine rings is 1. The highest BCUT2D eigenvalue weighted by Gasteiger charge is 2.37. The average molecular weight is 359 g/mol. The van der Waals surface area contributed by atoms with Gasteiger partial charge in [-0.15, -0.1) is 0 Å². The van der Waals surface area contributed by atoms with E-state index in [2.05, 4.69) is 24.0 Å². The molecular weight excluding hydrogens is 330 g/mol. The van der Waals surface area contributed by atoms with Crippen LogP contribution in [0.1, 0.15) is 18.9 Å². The van der Waals surface area contributed by atoms with Crippen LogP contribution in [0.3, 0.4) is 0 Å². The van der Waals surface area contributed by atoms with Crippen molar-refractivity contribution in [1.82, 2.24) is 9.80 Å². The molecule has 3 rings (SSSR count). The number of hydrogen-bond acceptors (Lipinski definition) is 4. The molecule has 2 saturated heterocycles. The number of anilines is 1. The van der Waals surface area contributed by atoms with Crippen molar-refractivity contribution in [2.24, 2.45) is 5.92 Å². The first-order valence-electron chi connectivity index (χ1n) is 9.51. The van der Waals surface area contributed by atoms with Gasteiger partial charge in [0.25, 0.3) is 0 Å². The Bertz CT molecular complexity index is 624. The van der Waals surface area contributed by atoms with Crippen molar-refractivity contribution in [2.45, 2.75) is 19.8 Å². The molecule has 142 valence electrons. The number of aryl methyl sites for hydroxylation is 1. The van der Waals surface area contributed by atoms with Crippen LogP contribution in [0.2, 0.25) is 0 Å². The van der Waals surface area contributed by atoms with Gasteiger partial charge in [-0.2, -0.15) is 0 Å². The van der Waals surface area contributed by atoms with Crippen LogP contribution in [0.5, 0.6) is 0 Å². The Balaban J connectivity index is 1.55. The molecule has 0 N–H and O–H groups in total. The molecule has 1 aromatic carbocycles. The van der Waals surface area contributed by atoms with Crippen LogP contribution in [-0.2, 0) is 20.7 Å². The molecule has 0 radical (unpaired) electrons. The van der Waals surface area contributed by atoms with Gasteiger partial charge in [-0.1, -0.05) is 19.1 Å².